The molecule has 1 aromatic carbocycles. The van der Waals surface area contributed by atoms with Crippen molar-refractivity contribution in [3.8, 4) is 0 Å². The van der Waals surface area contributed by atoms with Crippen LogP contribution in [0.4, 0.5) is 0 Å². The monoisotopic (exact) mass is 337 g/mol. The van der Waals surface area contributed by atoms with Gasteiger partial charge in [0.15, 0.2) is 0 Å². The number of pyridine rings is 1. The molecule has 0 unspecified atom stereocenters. The van der Waals surface area contributed by atoms with Crippen molar-refractivity contribution in [2.45, 2.75) is 38.6 Å². The average Bonchev–Trinajstić information content (AvgIpc) is 2.65. The van der Waals surface area contributed by atoms with Crippen LogP contribution in [0.1, 0.15) is 23.1 Å². The number of aromatic nitrogens is 1. The molecule has 25 heavy (non-hydrogen) atoms. The van der Waals surface area contributed by atoms with Gasteiger partial charge in [-0.2, -0.15) is 0 Å². The average molecular weight is 337 g/mol. The molecule has 4 rings (SSSR count). The number of hydrogen-bond donors (Lipinski definition) is 0. The van der Waals surface area contributed by atoms with E-state index in [1.165, 1.54) is 16.7 Å². The molecule has 4 heteroatoms. The molecule has 3 heterocycles. The minimum absolute atomic E-state index is 0.378. The van der Waals surface area contributed by atoms with Gasteiger partial charge in [0, 0.05) is 51.2 Å². The fourth-order valence-electron chi connectivity index (χ4n) is 4.10. The number of likely N-dealkylation sites (tertiary alicyclic amines) is 1. The molecule has 0 saturated carbocycles. The maximum Gasteiger partial charge on any atom is 0.0755 e. The van der Waals surface area contributed by atoms with Crippen molar-refractivity contribution >= 4 is 0 Å². The fraction of sp³-hybridized carbons (Fsp3) is 0.476. The number of hydrogen-bond acceptors (Lipinski definition) is 4. The summed E-state index contributed by atoms with van der Waals surface area (Å²) in [5, 5.41) is 0. The van der Waals surface area contributed by atoms with Gasteiger partial charge in [-0.05, 0) is 42.2 Å². The number of nitrogens with zero attached hydrogens (tertiary/aromatic N) is 3. The molecule has 0 bridgehead atoms. The van der Waals surface area contributed by atoms with E-state index in [2.05, 4.69) is 58.1 Å². The first-order valence-corrected chi connectivity index (χ1v) is 9.31. The molecule has 2 atom stereocenters. The molecule has 2 saturated heterocycles. The van der Waals surface area contributed by atoms with Crippen LogP contribution in [0.25, 0.3) is 0 Å². The zero-order valence-corrected chi connectivity index (χ0v) is 15.0. The molecule has 4 nitrogen and oxygen atoms in total. The summed E-state index contributed by atoms with van der Waals surface area (Å²) in [7, 11) is 0. The van der Waals surface area contributed by atoms with Crippen LogP contribution in [0.5, 0.6) is 0 Å². The van der Waals surface area contributed by atoms with Crippen molar-refractivity contribution in [2.75, 3.05) is 26.2 Å². The largest absolute Gasteiger partial charge is 0.375 e. The Labute approximate surface area is 150 Å². The highest BCUT2D eigenvalue weighted by Crippen LogP contribution is 2.26. The van der Waals surface area contributed by atoms with Gasteiger partial charge in [-0.3, -0.25) is 14.8 Å². The Balaban J connectivity index is 1.45. The number of benzene rings is 1. The first kappa shape index (κ1) is 16.7. The molecule has 2 aliphatic heterocycles. The molecule has 2 fully saturated rings. The van der Waals surface area contributed by atoms with Gasteiger partial charge in [0.05, 0.1) is 12.7 Å². The summed E-state index contributed by atoms with van der Waals surface area (Å²) in [5.74, 6) is 0. The van der Waals surface area contributed by atoms with E-state index in [-0.39, 0.29) is 0 Å². The van der Waals surface area contributed by atoms with Crippen LogP contribution in [0, 0.1) is 6.92 Å². The SMILES string of the molecule is Cc1ccccc1CN1CC[C@H]2OCCN(Cc3ccncc3)[C@@H]2C1. The van der Waals surface area contributed by atoms with Crippen molar-refractivity contribution in [3.05, 3.63) is 65.5 Å². The van der Waals surface area contributed by atoms with Crippen molar-refractivity contribution in [3.63, 3.8) is 0 Å². The zero-order valence-electron chi connectivity index (χ0n) is 15.0. The Morgan fingerprint density at radius 2 is 1.92 bits per heavy atom. The summed E-state index contributed by atoms with van der Waals surface area (Å²) < 4.78 is 6.09. The lowest BCUT2D eigenvalue weighted by Crippen LogP contribution is -2.59. The normalized spacial score (nSPS) is 24.8. The lowest BCUT2D eigenvalue weighted by Gasteiger charge is -2.47. The Morgan fingerprint density at radius 3 is 2.76 bits per heavy atom. The molecular formula is C21H27N3O. The molecule has 2 aromatic rings. The second-order valence-electron chi connectivity index (χ2n) is 7.25. The predicted molar refractivity (Wildman–Crippen MR) is 99.2 cm³/mol. The van der Waals surface area contributed by atoms with Crippen LogP contribution in [0.3, 0.4) is 0 Å². The topological polar surface area (TPSA) is 28.6 Å². The number of rotatable bonds is 4. The highest BCUT2D eigenvalue weighted by atomic mass is 16.5. The highest BCUT2D eigenvalue weighted by molar-refractivity contribution is 5.25. The lowest BCUT2D eigenvalue weighted by molar-refractivity contribution is -0.107. The van der Waals surface area contributed by atoms with Gasteiger partial charge in [-0.25, -0.2) is 0 Å². The third-order valence-electron chi connectivity index (χ3n) is 5.57. The molecule has 132 valence electrons. The van der Waals surface area contributed by atoms with Gasteiger partial charge >= 0.3 is 0 Å². The van der Waals surface area contributed by atoms with E-state index in [0.29, 0.717) is 12.1 Å². The predicted octanol–water partition coefficient (Wildman–Crippen LogP) is 2.87. The Morgan fingerprint density at radius 1 is 1.08 bits per heavy atom. The van der Waals surface area contributed by atoms with E-state index in [1.807, 2.05) is 12.4 Å². The maximum absolute atomic E-state index is 6.09. The number of aryl methyl sites for hydroxylation is 1. The van der Waals surface area contributed by atoms with Crippen LogP contribution in [-0.4, -0.2) is 53.2 Å². The maximum atomic E-state index is 6.09. The van der Waals surface area contributed by atoms with Crippen LogP contribution in [0.2, 0.25) is 0 Å². The Kier molecular flexibility index (Phi) is 5.11. The molecule has 1 aromatic heterocycles. The van der Waals surface area contributed by atoms with Gasteiger partial charge in [0.1, 0.15) is 0 Å². The number of morpholine rings is 1. The standard InChI is InChI=1S/C21H27N3O/c1-17-4-2-3-5-19(17)15-23-11-8-21-20(16-23)24(12-13-25-21)14-18-6-9-22-10-7-18/h2-7,9-10,20-21H,8,11-16H2,1H3/t20-,21-/m1/s1. The van der Waals surface area contributed by atoms with Crippen LogP contribution < -0.4 is 0 Å². The van der Waals surface area contributed by atoms with E-state index < -0.39 is 0 Å². The van der Waals surface area contributed by atoms with Gasteiger partial charge in [0.25, 0.3) is 0 Å². The van der Waals surface area contributed by atoms with Crippen molar-refractivity contribution in [1.82, 2.24) is 14.8 Å². The van der Waals surface area contributed by atoms with E-state index in [4.69, 9.17) is 4.74 Å². The van der Waals surface area contributed by atoms with Gasteiger partial charge in [-0.15, -0.1) is 0 Å². The van der Waals surface area contributed by atoms with Crippen molar-refractivity contribution in [1.29, 1.82) is 0 Å². The first-order valence-electron chi connectivity index (χ1n) is 9.31. The Hall–Kier alpha value is -1.75. The number of piperidine rings is 1. The Bertz CT molecular complexity index is 691. The summed E-state index contributed by atoms with van der Waals surface area (Å²) in [6.45, 7) is 8.32. The number of fused-ring (bicyclic) bond motifs is 1. The summed E-state index contributed by atoms with van der Waals surface area (Å²) in [6, 6.07) is 13.5. The van der Waals surface area contributed by atoms with Crippen molar-refractivity contribution in [2.24, 2.45) is 0 Å². The summed E-state index contributed by atoms with van der Waals surface area (Å²) >= 11 is 0. The fourth-order valence-corrected chi connectivity index (χ4v) is 4.10. The molecule has 0 amide bonds. The number of ether oxygens (including phenoxy) is 1. The minimum Gasteiger partial charge on any atom is -0.375 e. The smallest absolute Gasteiger partial charge is 0.0755 e. The first-order chi connectivity index (χ1) is 12.3. The summed E-state index contributed by atoms with van der Waals surface area (Å²) in [4.78, 5) is 9.34. The van der Waals surface area contributed by atoms with E-state index >= 15 is 0 Å². The summed E-state index contributed by atoms with van der Waals surface area (Å²) in [5.41, 5.74) is 4.17. The zero-order chi connectivity index (χ0) is 17.1. The lowest BCUT2D eigenvalue weighted by atomic mass is 9.97. The molecule has 0 aliphatic carbocycles. The van der Waals surface area contributed by atoms with Gasteiger partial charge in [-0.1, -0.05) is 24.3 Å². The molecule has 0 radical (unpaired) electrons. The van der Waals surface area contributed by atoms with E-state index in [0.717, 1.165) is 45.8 Å². The van der Waals surface area contributed by atoms with Crippen molar-refractivity contribution < 1.29 is 4.74 Å². The molecule has 2 aliphatic rings. The molecular weight excluding hydrogens is 310 g/mol. The summed E-state index contributed by atoms with van der Waals surface area (Å²) in [6.07, 6.45) is 5.28. The second-order valence-corrected chi connectivity index (χ2v) is 7.25. The van der Waals surface area contributed by atoms with Crippen LogP contribution >= 0.6 is 0 Å². The molecule has 0 spiro atoms. The third-order valence-corrected chi connectivity index (χ3v) is 5.57. The highest BCUT2D eigenvalue weighted by Gasteiger charge is 2.36. The van der Waals surface area contributed by atoms with Gasteiger partial charge in [0.2, 0.25) is 0 Å². The van der Waals surface area contributed by atoms with Crippen LogP contribution in [-0.2, 0) is 17.8 Å². The van der Waals surface area contributed by atoms with E-state index in [9.17, 15) is 0 Å². The second kappa shape index (κ2) is 7.65. The van der Waals surface area contributed by atoms with E-state index in [1.54, 1.807) is 0 Å². The quantitative estimate of drug-likeness (QED) is 0.858. The molecule has 0 N–H and O–H groups in total. The third kappa shape index (κ3) is 3.92. The van der Waals surface area contributed by atoms with Gasteiger partial charge < -0.3 is 4.74 Å². The minimum atomic E-state index is 0.378. The van der Waals surface area contributed by atoms with Crippen LogP contribution in [0.15, 0.2) is 48.8 Å².